The summed E-state index contributed by atoms with van der Waals surface area (Å²) < 4.78 is 0. The second-order valence-electron chi connectivity index (χ2n) is 13.1. The fourth-order valence-electron chi connectivity index (χ4n) is 6.60. The molecule has 10 heteroatoms. The molecule has 1 aliphatic heterocycles. The van der Waals surface area contributed by atoms with Crippen molar-refractivity contribution in [1.29, 1.82) is 0 Å². The van der Waals surface area contributed by atoms with Crippen molar-refractivity contribution in [3.63, 3.8) is 0 Å². The summed E-state index contributed by atoms with van der Waals surface area (Å²) >= 11 is 12.3. The molecular weight excluding hydrogens is 681 g/mol. The van der Waals surface area contributed by atoms with Gasteiger partial charge in [0.1, 0.15) is 0 Å². The fraction of sp³-hybridized carbons (Fsp3) is 0.293. The summed E-state index contributed by atoms with van der Waals surface area (Å²) in [4.78, 5) is 52.3. The van der Waals surface area contributed by atoms with Crippen LogP contribution >= 0.6 is 23.2 Å². The van der Waals surface area contributed by atoms with Crippen LogP contribution in [0.2, 0.25) is 10.0 Å². The zero-order valence-electron chi connectivity index (χ0n) is 28.9. The minimum Gasteiger partial charge on any atom is -0.361 e. The molecule has 1 fully saturated rings. The highest BCUT2D eigenvalue weighted by Gasteiger charge is 2.26. The maximum absolute atomic E-state index is 14.4. The summed E-state index contributed by atoms with van der Waals surface area (Å²) in [6.07, 6.45) is 3.67. The Balaban J connectivity index is 1.13. The summed E-state index contributed by atoms with van der Waals surface area (Å²) in [5.74, 6) is -0.250. The van der Waals surface area contributed by atoms with E-state index in [4.69, 9.17) is 23.2 Å². The van der Waals surface area contributed by atoms with Crippen molar-refractivity contribution in [1.82, 2.24) is 24.6 Å². The largest absolute Gasteiger partial charge is 0.361 e. The monoisotopic (exact) mass is 723 g/mol. The number of hydrogen-bond donors (Lipinski definition) is 1. The van der Waals surface area contributed by atoms with Crippen LogP contribution in [0.15, 0.2) is 103 Å². The molecule has 0 aliphatic carbocycles. The van der Waals surface area contributed by atoms with Crippen LogP contribution in [0.25, 0.3) is 10.9 Å². The number of nitrogens with zero attached hydrogens (tertiary/aromatic N) is 4. The number of rotatable bonds is 13. The number of benzene rings is 4. The number of carbonyl (C=O) groups excluding carboxylic acids is 3. The molecule has 0 bridgehead atoms. The molecule has 1 aliphatic rings. The summed E-state index contributed by atoms with van der Waals surface area (Å²) in [5, 5.41) is 2.10. The van der Waals surface area contributed by atoms with E-state index in [9.17, 15) is 14.4 Å². The number of H-pyrrole nitrogens is 1. The molecule has 0 unspecified atom stereocenters. The van der Waals surface area contributed by atoms with Crippen molar-refractivity contribution in [2.75, 3.05) is 59.4 Å². The molecule has 2 heterocycles. The standard InChI is InChI=1S/C41H43Cl2N5O3/c1-45(19-17-31-15-16-36(42)37(43)27-31)40(50)34-12-5-6-13-35(34)41(51)48(20-18-32-29-44-38-14-8-7-11-33(32)38)26-23-46-21-24-47(25-22-46)39(49)28-30-9-3-2-4-10-30/h2-16,27,29,44H,17-26,28H2,1H3. The van der Waals surface area contributed by atoms with Gasteiger partial charge in [-0.15, -0.1) is 0 Å². The van der Waals surface area contributed by atoms with Crippen molar-refractivity contribution >= 4 is 51.8 Å². The van der Waals surface area contributed by atoms with Gasteiger partial charge in [-0.1, -0.05) is 89.9 Å². The Kier molecular flexibility index (Phi) is 12.1. The highest BCUT2D eigenvalue weighted by molar-refractivity contribution is 6.42. The molecule has 0 saturated carbocycles. The Morgan fingerprint density at radius 2 is 1.39 bits per heavy atom. The van der Waals surface area contributed by atoms with Crippen LogP contribution in [-0.4, -0.2) is 102 Å². The van der Waals surface area contributed by atoms with E-state index in [1.54, 1.807) is 36.2 Å². The van der Waals surface area contributed by atoms with Gasteiger partial charge >= 0.3 is 0 Å². The highest BCUT2D eigenvalue weighted by Crippen LogP contribution is 2.24. The molecule has 3 amide bonds. The van der Waals surface area contributed by atoms with Crippen molar-refractivity contribution in [2.45, 2.75) is 19.3 Å². The summed E-state index contributed by atoms with van der Waals surface area (Å²) in [6, 6.07) is 30.6. The lowest BCUT2D eigenvalue weighted by atomic mass is 10.0. The molecule has 8 nitrogen and oxygen atoms in total. The van der Waals surface area contributed by atoms with Crippen molar-refractivity contribution in [3.05, 3.63) is 141 Å². The van der Waals surface area contributed by atoms with Crippen LogP contribution in [0.5, 0.6) is 0 Å². The van der Waals surface area contributed by atoms with Crippen LogP contribution in [0.1, 0.15) is 37.4 Å². The molecule has 0 radical (unpaired) electrons. The average molecular weight is 725 g/mol. The number of piperazine rings is 1. The van der Waals surface area contributed by atoms with E-state index in [0.717, 1.165) is 40.7 Å². The normalized spacial score (nSPS) is 13.4. The van der Waals surface area contributed by atoms with E-state index in [0.29, 0.717) is 79.7 Å². The second kappa shape index (κ2) is 17.1. The van der Waals surface area contributed by atoms with E-state index >= 15 is 0 Å². The molecule has 0 atom stereocenters. The number of aromatic nitrogens is 1. The quantitative estimate of drug-likeness (QED) is 0.144. The van der Waals surface area contributed by atoms with Crippen molar-refractivity contribution < 1.29 is 14.4 Å². The van der Waals surface area contributed by atoms with Gasteiger partial charge in [-0.25, -0.2) is 0 Å². The Morgan fingerprint density at radius 1 is 0.706 bits per heavy atom. The molecule has 0 spiro atoms. The van der Waals surface area contributed by atoms with Crippen LogP contribution in [-0.2, 0) is 24.1 Å². The maximum Gasteiger partial charge on any atom is 0.254 e. The molecule has 264 valence electrons. The third kappa shape index (κ3) is 9.19. The van der Waals surface area contributed by atoms with Crippen LogP contribution in [0.3, 0.4) is 0 Å². The zero-order chi connectivity index (χ0) is 35.7. The van der Waals surface area contributed by atoms with Gasteiger partial charge < -0.3 is 19.7 Å². The van der Waals surface area contributed by atoms with Crippen molar-refractivity contribution in [3.8, 4) is 0 Å². The molecule has 1 saturated heterocycles. The molecule has 1 aromatic heterocycles. The summed E-state index contributed by atoms with van der Waals surface area (Å²) in [5.41, 5.74) is 4.95. The first-order valence-corrected chi connectivity index (χ1v) is 18.2. The minimum absolute atomic E-state index is 0.139. The number of halogens is 2. The van der Waals surface area contributed by atoms with Crippen LogP contribution in [0, 0.1) is 0 Å². The Labute approximate surface area is 309 Å². The molecular formula is C41H43Cl2N5O3. The summed E-state index contributed by atoms with van der Waals surface area (Å²) in [7, 11) is 1.75. The number of nitrogens with one attached hydrogen (secondary N) is 1. The lowest BCUT2D eigenvalue weighted by molar-refractivity contribution is -0.132. The average Bonchev–Trinajstić information content (AvgIpc) is 3.58. The second-order valence-corrected chi connectivity index (χ2v) is 13.9. The number of aromatic amines is 1. The molecule has 1 N–H and O–H groups in total. The minimum atomic E-state index is -0.216. The highest BCUT2D eigenvalue weighted by atomic mass is 35.5. The Hall–Kier alpha value is -4.63. The molecule has 51 heavy (non-hydrogen) atoms. The van der Waals surface area contributed by atoms with Gasteiger partial charge in [0.05, 0.1) is 27.6 Å². The lowest BCUT2D eigenvalue weighted by Crippen LogP contribution is -2.51. The molecule has 6 rings (SSSR count). The molecule has 5 aromatic rings. The number of amides is 3. The van der Waals surface area contributed by atoms with E-state index < -0.39 is 0 Å². The van der Waals surface area contributed by atoms with Gasteiger partial charge in [0.15, 0.2) is 0 Å². The molecule has 4 aromatic carbocycles. The van der Waals surface area contributed by atoms with E-state index in [2.05, 4.69) is 16.0 Å². The van der Waals surface area contributed by atoms with Gasteiger partial charge in [-0.05, 0) is 59.9 Å². The van der Waals surface area contributed by atoms with Gasteiger partial charge in [-0.3, -0.25) is 19.3 Å². The van der Waals surface area contributed by atoms with E-state index in [-0.39, 0.29) is 17.7 Å². The first kappa shape index (κ1) is 36.2. The van der Waals surface area contributed by atoms with Gasteiger partial charge in [0.25, 0.3) is 11.8 Å². The first-order valence-electron chi connectivity index (χ1n) is 17.4. The van der Waals surface area contributed by atoms with E-state index in [1.165, 1.54) is 0 Å². The third-order valence-electron chi connectivity index (χ3n) is 9.68. The maximum atomic E-state index is 14.4. The number of fused-ring (bicyclic) bond motifs is 1. The number of carbonyl (C=O) groups is 3. The van der Waals surface area contributed by atoms with Gasteiger partial charge in [0.2, 0.25) is 5.91 Å². The fourth-order valence-corrected chi connectivity index (χ4v) is 6.92. The SMILES string of the molecule is CN(CCc1ccc(Cl)c(Cl)c1)C(=O)c1ccccc1C(=O)N(CCc1c[nH]c2ccccc12)CCN1CCN(C(=O)Cc2ccccc2)CC1. The smallest absolute Gasteiger partial charge is 0.254 e. The lowest BCUT2D eigenvalue weighted by Gasteiger charge is -2.36. The summed E-state index contributed by atoms with van der Waals surface area (Å²) in [6.45, 7) is 4.89. The number of hydrogen-bond acceptors (Lipinski definition) is 4. The van der Waals surface area contributed by atoms with Crippen LogP contribution < -0.4 is 0 Å². The third-order valence-corrected chi connectivity index (χ3v) is 10.4. The number of para-hydroxylation sites is 1. The van der Waals surface area contributed by atoms with Crippen LogP contribution in [0.4, 0.5) is 0 Å². The Morgan fingerprint density at radius 3 is 2.14 bits per heavy atom. The Bertz CT molecular complexity index is 1970. The zero-order valence-corrected chi connectivity index (χ0v) is 30.4. The first-order chi connectivity index (χ1) is 24.8. The predicted octanol–water partition coefficient (Wildman–Crippen LogP) is 6.86. The topological polar surface area (TPSA) is 80.0 Å². The predicted molar refractivity (Wildman–Crippen MR) is 205 cm³/mol. The van der Waals surface area contributed by atoms with Crippen molar-refractivity contribution in [2.24, 2.45) is 0 Å². The van der Waals surface area contributed by atoms with Gasteiger partial charge in [-0.2, -0.15) is 0 Å². The van der Waals surface area contributed by atoms with Gasteiger partial charge in [0, 0.05) is 76.5 Å². The number of likely N-dealkylation sites (N-methyl/N-ethyl adjacent to an activating group) is 1. The van der Waals surface area contributed by atoms with E-state index in [1.807, 2.05) is 82.7 Å².